The lowest BCUT2D eigenvalue weighted by molar-refractivity contribution is 0.0526. The first kappa shape index (κ1) is 17.8. The summed E-state index contributed by atoms with van der Waals surface area (Å²) in [5.41, 5.74) is 4.05. The highest BCUT2D eigenvalue weighted by Crippen LogP contribution is 2.30. The Labute approximate surface area is 152 Å². The van der Waals surface area contributed by atoms with Gasteiger partial charge in [0.1, 0.15) is 5.65 Å². The lowest BCUT2D eigenvalue weighted by Gasteiger charge is -2.03. The van der Waals surface area contributed by atoms with Crippen LogP contribution in [-0.2, 0) is 4.74 Å². The van der Waals surface area contributed by atoms with Crippen molar-refractivity contribution >= 4 is 23.1 Å². The van der Waals surface area contributed by atoms with Crippen LogP contribution in [0.2, 0.25) is 0 Å². The molecule has 2 heterocycles. The first-order valence-electron chi connectivity index (χ1n) is 8.67. The Morgan fingerprint density at radius 2 is 1.92 bits per heavy atom. The quantitative estimate of drug-likeness (QED) is 0.459. The number of aromatic nitrogens is 2. The second-order valence-corrected chi connectivity index (χ2v) is 6.33. The number of imidazole rings is 1. The fourth-order valence-corrected chi connectivity index (χ4v) is 2.68. The molecule has 0 saturated heterocycles. The van der Waals surface area contributed by atoms with E-state index in [1.807, 2.05) is 29.7 Å². The van der Waals surface area contributed by atoms with Gasteiger partial charge in [0.2, 0.25) is 0 Å². The van der Waals surface area contributed by atoms with E-state index in [0.29, 0.717) is 17.9 Å². The maximum absolute atomic E-state index is 11.7. The molecule has 0 bridgehead atoms. The van der Waals surface area contributed by atoms with Crippen molar-refractivity contribution in [2.45, 2.75) is 33.6 Å². The van der Waals surface area contributed by atoms with Crippen molar-refractivity contribution in [3.63, 3.8) is 0 Å². The number of fused-ring (bicyclic) bond motifs is 1. The molecule has 0 atom stereocenters. The van der Waals surface area contributed by atoms with Crippen LogP contribution in [0.25, 0.3) is 5.65 Å². The van der Waals surface area contributed by atoms with Gasteiger partial charge in [-0.25, -0.2) is 9.78 Å². The smallest absolute Gasteiger partial charge is 0.338 e. The molecule has 0 amide bonds. The fraction of sp³-hybridized carbons (Fsp3) is 0.300. The molecule has 2 aromatic heterocycles. The Morgan fingerprint density at radius 1 is 1.19 bits per heavy atom. The van der Waals surface area contributed by atoms with E-state index < -0.39 is 0 Å². The SMILES string of the molecule is CCOC(=O)c1ccc(N=Nc2c(C(C)C)nc3c(C)cccn23)cc1. The molecule has 0 N–H and O–H groups in total. The van der Waals surface area contributed by atoms with Crippen molar-refractivity contribution < 1.29 is 9.53 Å². The fourth-order valence-electron chi connectivity index (χ4n) is 2.68. The number of rotatable bonds is 5. The number of nitrogens with zero attached hydrogens (tertiary/aromatic N) is 4. The monoisotopic (exact) mass is 350 g/mol. The molecule has 0 aliphatic heterocycles. The number of hydrogen-bond donors (Lipinski definition) is 0. The summed E-state index contributed by atoms with van der Waals surface area (Å²) in [7, 11) is 0. The average molecular weight is 350 g/mol. The van der Waals surface area contributed by atoms with Crippen LogP contribution >= 0.6 is 0 Å². The molecule has 1 aromatic carbocycles. The van der Waals surface area contributed by atoms with E-state index in [-0.39, 0.29) is 11.9 Å². The zero-order valence-corrected chi connectivity index (χ0v) is 15.4. The van der Waals surface area contributed by atoms with Crippen LogP contribution in [0.5, 0.6) is 0 Å². The van der Waals surface area contributed by atoms with Crippen LogP contribution in [0, 0.1) is 6.92 Å². The minimum atomic E-state index is -0.338. The van der Waals surface area contributed by atoms with E-state index in [2.05, 4.69) is 24.1 Å². The molecular weight excluding hydrogens is 328 g/mol. The normalized spacial score (nSPS) is 11.6. The number of esters is 1. The number of carbonyl (C=O) groups is 1. The summed E-state index contributed by atoms with van der Waals surface area (Å²) in [5.74, 6) is 0.623. The summed E-state index contributed by atoms with van der Waals surface area (Å²) >= 11 is 0. The molecule has 0 aliphatic rings. The van der Waals surface area contributed by atoms with Crippen LogP contribution in [-0.4, -0.2) is 22.0 Å². The third kappa shape index (κ3) is 3.49. The van der Waals surface area contributed by atoms with Crippen LogP contribution < -0.4 is 0 Å². The van der Waals surface area contributed by atoms with E-state index in [1.54, 1.807) is 31.2 Å². The standard InChI is InChI=1S/C20H22N4O2/c1-5-26-20(25)15-8-10-16(11-9-15)22-23-19-17(13(2)3)21-18-14(4)7-6-12-24(18)19/h6-13H,5H2,1-4H3. The minimum absolute atomic E-state index is 0.231. The summed E-state index contributed by atoms with van der Waals surface area (Å²) in [5, 5.41) is 8.78. The Balaban J connectivity index is 1.94. The lowest BCUT2D eigenvalue weighted by Crippen LogP contribution is -2.03. The van der Waals surface area contributed by atoms with Crippen molar-refractivity contribution in [2.75, 3.05) is 6.61 Å². The van der Waals surface area contributed by atoms with Crippen LogP contribution in [0.15, 0.2) is 52.8 Å². The van der Waals surface area contributed by atoms with Gasteiger partial charge in [-0.15, -0.1) is 10.2 Å². The number of carbonyl (C=O) groups excluding carboxylic acids is 1. The number of pyridine rings is 1. The number of aryl methyl sites for hydroxylation is 1. The van der Waals surface area contributed by atoms with Gasteiger partial charge >= 0.3 is 5.97 Å². The highest BCUT2D eigenvalue weighted by Gasteiger charge is 2.16. The van der Waals surface area contributed by atoms with Crippen molar-refractivity contribution in [3.8, 4) is 0 Å². The molecule has 0 radical (unpaired) electrons. The number of azo groups is 1. The highest BCUT2D eigenvalue weighted by atomic mass is 16.5. The first-order valence-corrected chi connectivity index (χ1v) is 8.67. The van der Waals surface area contributed by atoms with Crippen molar-refractivity contribution in [1.82, 2.24) is 9.38 Å². The van der Waals surface area contributed by atoms with Crippen molar-refractivity contribution in [2.24, 2.45) is 10.2 Å². The number of benzene rings is 1. The Hall–Kier alpha value is -3.02. The van der Waals surface area contributed by atoms with Gasteiger partial charge in [0.05, 0.1) is 23.6 Å². The summed E-state index contributed by atoms with van der Waals surface area (Å²) in [4.78, 5) is 16.4. The summed E-state index contributed by atoms with van der Waals surface area (Å²) in [6, 6.07) is 10.9. The van der Waals surface area contributed by atoms with Gasteiger partial charge in [-0.1, -0.05) is 19.9 Å². The van der Waals surface area contributed by atoms with Crippen molar-refractivity contribution in [3.05, 3.63) is 59.4 Å². The van der Waals surface area contributed by atoms with Crippen LogP contribution in [0.4, 0.5) is 11.5 Å². The van der Waals surface area contributed by atoms with Gasteiger partial charge in [0.25, 0.3) is 0 Å². The molecule has 26 heavy (non-hydrogen) atoms. The highest BCUT2D eigenvalue weighted by molar-refractivity contribution is 5.89. The third-order valence-corrected chi connectivity index (χ3v) is 4.03. The van der Waals surface area contributed by atoms with E-state index >= 15 is 0 Å². The second-order valence-electron chi connectivity index (χ2n) is 6.33. The molecule has 0 unspecified atom stereocenters. The number of hydrogen-bond acceptors (Lipinski definition) is 5. The lowest BCUT2D eigenvalue weighted by atomic mass is 10.1. The first-order chi connectivity index (χ1) is 12.5. The van der Waals surface area contributed by atoms with Gasteiger partial charge in [-0.2, -0.15) is 0 Å². The van der Waals surface area contributed by atoms with Gasteiger partial charge in [0.15, 0.2) is 5.82 Å². The number of ether oxygens (including phenoxy) is 1. The van der Waals surface area contributed by atoms with E-state index in [4.69, 9.17) is 9.72 Å². The van der Waals surface area contributed by atoms with Crippen LogP contribution in [0.1, 0.15) is 48.3 Å². The van der Waals surface area contributed by atoms with E-state index in [1.165, 1.54) is 0 Å². The predicted molar refractivity (Wildman–Crippen MR) is 101 cm³/mol. The van der Waals surface area contributed by atoms with E-state index in [0.717, 1.165) is 22.7 Å². The van der Waals surface area contributed by atoms with Gasteiger partial charge in [-0.3, -0.25) is 4.40 Å². The Bertz CT molecular complexity index is 956. The third-order valence-electron chi connectivity index (χ3n) is 4.03. The predicted octanol–water partition coefficient (Wildman–Crippen LogP) is 5.36. The average Bonchev–Trinajstić information content (AvgIpc) is 3.01. The maximum atomic E-state index is 11.7. The summed E-state index contributed by atoms with van der Waals surface area (Å²) in [6.07, 6.45) is 1.94. The minimum Gasteiger partial charge on any atom is -0.462 e. The summed E-state index contributed by atoms with van der Waals surface area (Å²) in [6.45, 7) is 8.34. The Kier molecular flexibility index (Phi) is 5.11. The largest absolute Gasteiger partial charge is 0.462 e. The molecule has 6 nitrogen and oxygen atoms in total. The molecule has 134 valence electrons. The molecule has 0 fully saturated rings. The molecular formula is C20H22N4O2. The molecule has 6 heteroatoms. The molecule has 3 aromatic rings. The zero-order chi connectivity index (χ0) is 18.7. The molecule has 3 rings (SSSR count). The molecule has 0 spiro atoms. The van der Waals surface area contributed by atoms with Gasteiger partial charge in [0, 0.05) is 6.20 Å². The van der Waals surface area contributed by atoms with Crippen LogP contribution in [0.3, 0.4) is 0 Å². The zero-order valence-electron chi connectivity index (χ0n) is 15.4. The topological polar surface area (TPSA) is 68.3 Å². The molecule has 0 saturated carbocycles. The maximum Gasteiger partial charge on any atom is 0.338 e. The van der Waals surface area contributed by atoms with Gasteiger partial charge in [-0.05, 0) is 55.7 Å². The Morgan fingerprint density at radius 3 is 2.58 bits per heavy atom. The van der Waals surface area contributed by atoms with Gasteiger partial charge < -0.3 is 4.74 Å². The second kappa shape index (κ2) is 7.47. The van der Waals surface area contributed by atoms with Crippen molar-refractivity contribution in [1.29, 1.82) is 0 Å². The molecule has 0 aliphatic carbocycles. The summed E-state index contributed by atoms with van der Waals surface area (Å²) < 4.78 is 6.94. The van der Waals surface area contributed by atoms with E-state index in [9.17, 15) is 4.79 Å².